The summed E-state index contributed by atoms with van der Waals surface area (Å²) >= 11 is 0. The predicted octanol–water partition coefficient (Wildman–Crippen LogP) is 3.49. The molecule has 2 N–H and O–H groups in total. The molecule has 0 bridgehead atoms. The molecule has 0 saturated carbocycles. The van der Waals surface area contributed by atoms with Crippen LogP contribution in [-0.4, -0.2) is 43.1 Å². The van der Waals surface area contributed by atoms with Gasteiger partial charge >= 0.3 is 0 Å². The average Bonchev–Trinajstić information content (AvgIpc) is 2.62. The van der Waals surface area contributed by atoms with Crippen LogP contribution >= 0.6 is 24.0 Å². The van der Waals surface area contributed by atoms with Crippen LogP contribution in [0.5, 0.6) is 0 Å². The van der Waals surface area contributed by atoms with E-state index in [1.807, 2.05) is 13.0 Å². The number of nitrogens with zero attached hydrogens (tertiary/aromatic N) is 3. The predicted molar refractivity (Wildman–Crippen MR) is 119 cm³/mol. The number of rotatable bonds is 6. The fraction of sp³-hybridized carbons (Fsp3) is 0.600. The number of likely N-dealkylation sites (tertiary alicyclic amines) is 1. The standard InChI is InChI=1S/C20H30FN5.HI/c1-4-23-20(24-13-17-11-16(12-22)5-6-19(17)21)25-18-7-9-26(10-8-18)14-15(2)3;/h5-6,11,15,18H,4,7-10,13-14H2,1-3H3,(H2,23,24,25);1H. The minimum Gasteiger partial charge on any atom is -0.357 e. The van der Waals surface area contributed by atoms with Crippen molar-refractivity contribution in [2.45, 2.75) is 46.2 Å². The van der Waals surface area contributed by atoms with E-state index < -0.39 is 0 Å². The van der Waals surface area contributed by atoms with Crippen molar-refractivity contribution in [1.82, 2.24) is 15.5 Å². The van der Waals surface area contributed by atoms with E-state index in [-0.39, 0.29) is 36.3 Å². The zero-order valence-corrected chi connectivity index (χ0v) is 18.8. The van der Waals surface area contributed by atoms with Crippen molar-refractivity contribution in [2.24, 2.45) is 10.9 Å². The average molecular weight is 487 g/mol. The van der Waals surface area contributed by atoms with Crippen molar-refractivity contribution < 1.29 is 4.39 Å². The monoisotopic (exact) mass is 487 g/mol. The number of aliphatic imine (C=N–C) groups is 1. The molecule has 0 atom stereocenters. The summed E-state index contributed by atoms with van der Waals surface area (Å²) < 4.78 is 13.9. The van der Waals surface area contributed by atoms with Gasteiger partial charge in [0, 0.05) is 37.8 Å². The molecule has 1 aromatic carbocycles. The van der Waals surface area contributed by atoms with Gasteiger partial charge in [-0.1, -0.05) is 13.8 Å². The van der Waals surface area contributed by atoms with Crippen LogP contribution in [-0.2, 0) is 6.54 Å². The fourth-order valence-electron chi connectivity index (χ4n) is 3.22. The van der Waals surface area contributed by atoms with Gasteiger partial charge in [-0.3, -0.25) is 0 Å². The minimum atomic E-state index is -0.328. The molecule has 1 aromatic rings. The van der Waals surface area contributed by atoms with Crippen molar-refractivity contribution >= 4 is 29.9 Å². The Balaban J connectivity index is 0.00000364. The number of piperidine rings is 1. The lowest BCUT2D eigenvalue weighted by molar-refractivity contribution is 0.187. The molecule has 0 aliphatic carbocycles. The number of benzene rings is 1. The van der Waals surface area contributed by atoms with Crippen LogP contribution in [0.4, 0.5) is 4.39 Å². The molecule has 0 unspecified atom stereocenters. The van der Waals surface area contributed by atoms with E-state index in [0.717, 1.165) is 39.0 Å². The van der Waals surface area contributed by atoms with E-state index in [9.17, 15) is 4.39 Å². The Kier molecular flexibility index (Phi) is 10.6. The molecular formula is C20H31FIN5. The molecule has 1 aliphatic rings. The van der Waals surface area contributed by atoms with Crippen molar-refractivity contribution in [2.75, 3.05) is 26.2 Å². The highest BCUT2D eigenvalue weighted by Crippen LogP contribution is 2.13. The number of hydrogen-bond acceptors (Lipinski definition) is 3. The number of guanidine groups is 1. The highest BCUT2D eigenvalue weighted by molar-refractivity contribution is 14.0. The van der Waals surface area contributed by atoms with Crippen LogP contribution in [0.15, 0.2) is 23.2 Å². The van der Waals surface area contributed by atoms with Gasteiger partial charge in [-0.2, -0.15) is 5.26 Å². The lowest BCUT2D eigenvalue weighted by Crippen LogP contribution is -2.49. The van der Waals surface area contributed by atoms with Gasteiger partial charge in [-0.15, -0.1) is 24.0 Å². The lowest BCUT2D eigenvalue weighted by atomic mass is 10.0. The number of halogens is 2. The zero-order chi connectivity index (χ0) is 18.9. The second-order valence-electron chi connectivity index (χ2n) is 7.23. The third-order valence-electron chi connectivity index (χ3n) is 4.48. The van der Waals surface area contributed by atoms with Crippen molar-refractivity contribution in [3.05, 3.63) is 35.1 Å². The summed E-state index contributed by atoms with van der Waals surface area (Å²) in [4.78, 5) is 7.02. The number of nitriles is 1. The van der Waals surface area contributed by atoms with Gasteiger partial charge in [0.25, 0.3) is 0 Å². The van der Waals surface area contributed by atoms with Crippen LogP contribution in [0.1, 0.15) is 44.7 Å². The fourth-order valence-corrected chi connectivity index (χ4v) is 3.22. The summed E-state index contributed by atoms with van der Waals surface area (Å²) in [6.07, 6.45) is 2.16. The molecule has 0 spiro atoms. The van der Waals surface area contributed by atoms with Crippen LogP contribution in [0.3, 0.4) is 0 Å². The summed E-state index contributed by atoms with van der Waals surface area (Å²) in [6.45, 7) is 10.8. The molecule has 2 rings (SSSR count). The van der Waals surface area contributed by atoms with Crippen LogP contribution in [0.25, 0.3) is 0 Å². The van der Waals surface area contributed by atoms with Crippen molar-refractivity contribution in [3.8, 4) is 6.07 Å². The SMILES string of the molecule is CCNC(=NCc1cc(C#N)ccc1F)NC1CCN(CC(C)C)CC1.I. The highest BCUT2D eigenvalue weighted by atomic mass is 127. The van der Waals surface area contributed by atoms with E-state index in [1.165, 1.54) is 12.1 Å². The normalized spacial score (nSPS) is 15.9. The summed E-state index contributed by atoms with van der Waals surface area (Å²) in [7, 11) is 0. The maximum atomic E-state index is 13.9. The van der Waals surface area contributed by atoms with Crippen LogP contribution in [0, 0.1) is 23.1 Å². The van der Waals surface area contributed by atoms with Gasteiger partial charge in [0.2, 0.25) is 0 Å². The molecule has 0 amide bonds. The first kappa shape index (κ1) is 23.6. The Bertz CT molecular complexity index is 648. The molecule has 1 aliphatic heterocycles. The van der Waals surface area contributed by atoms with Gasteiger partial charge in [-0.05, 0) is 43.9 Å². The van der Waals surface area contributed by atoms with Gasteiger partial charge in [0.05, 0.1) is 18.2 Å². The topological polar surface area (TPSA) is 63.5 Å². The summed E-state index contributed by atoms with van der Waals surface area (Å²) in [5, 5.41) is 15.7. The largest absolute Gasteiger partial charge is 0.357 e. The van der Waals surface area contributed by atoms with Gasteiger partial charge in [0.15, 0.2) is 5.96 Å². The van der Waals surface area contributed by atoms with Crippen molar-refractivity contribution in [1.29, 1.82) is 5.26 Å². The first-order valence-corrected chi connectivity index (χ1v) is 9.47. The van der Waals surface area contributed by atoms with Crippen LogP contribution < -0.4 is 10.6 Å². The Morgan fingerprint density at radius 1 is 1.37 bits per heavy atom. The molecular weight excluding hydrogens is 456 g/mol. The van der Waals surface area contributed by atoms with E-state index >= 15 is 0 Å². The van der Waals surface area contributed by atoms with E-state index in [0.29, 0.717) is 29.0 Å². The van der Waals surface area contributed by atoms with E-state index in [2.05, 4.69) is 34.4 Å². The highest BCUT2D eigenvalue weighted by Gasteiger charge is 2.20. The van der Waals surface area contributed by atoms with E-state index in [1.54, 1.807) is 6.07 Å². The Morgan fingerprint density at radius 2 is 2.07 bits per heavy atom. The Labute approximate surface area is 179 Å². The van der Waals surface area contributed by atoms with Gasteiger partial charge < -0.3 is 15.5 Å². The molecule has 1 heterocycles. The molecule has 150 valence electrons. The Hall–Kier alpha value is -1.40. The molecule has 1 fully saturated rings. The van der Waals surface area contributed by atoms with E-state index in [4.69, 9.17) is 5.26 Å². The molecule has 7 heteroatoms. The van der Waals surface area contributed by atoms with Gasteiger partial charge in [0.1, 0.15) is 5.82 Å². The molecule has 27 heavy (non-hydrogen) atoms. The van der Waals surface area contributed by atoms with Crippen LogP contribution in [0.2, 0.25) is 0 Å². The Morgan fingerprint density at radius 3 is 2.67 bits per heavy atom. The quantitative estimate of drug-likeness (QED) is 0.367. The first-order valence-electron chi connectivity index (χ1n) is 9.47. The summed E-state index contributed by atoms with van der Waals surface area (Å²) in [5.74, 6) is 1.07. The molecule has 5 nitrogen and oxygen atoms in total. The third kappa shape index (κ3) is 8.01. The number of hydrogen-bond donors (Lipinski definition) is 2. The first-order chi connectivity index (χ1) is 12.5. The van der Waals surface area contributed by atoms with Gasteiger partial charge in [-0.25, -0.2) is 9.38 Å². The molecule has 1 saturated heterocycles. The second kappa shape index (κ2) is 12.1. The van der Waals surface area contributed by atoms with Crippen molar-refractivity contribution in [3.63, 3.8) is 0 Å². The molecule has 0 aromatic heterocycles. The zero-order valence-electron chi connectivity index (χ0n) is 16.5. The number of nitrogens with one attached hydrogen (secondary N) is 2. The maximum absolute atomic E-state index is 13.9. The summed E-state index contributed by atoms with van der Waals surface area (Å²) in [6, 6.07) is 6.79. The summed E-state index contributed by atoms with van der Waals surface area (Å²) in [5.41, 5.74) is 0.889. The lowest BCUT2D eigenvalue weighted by Gasteiger charge is -2.34. The smallest absolute Gasteiger partial charge is 0.191 e. The third-order valence-corrected chi connectivity index (χ3v) is 4.48. The minimum absolute atomic E-state index is 0. The second-order valence-corrected chi connectivity index (χ2v) is 7.23. The molecule has 0 radical (unpaired) electrons. The maximum Gasteiger partial charge on any atom is 0.191 e.